The van der Waals surface area contributed by atoms with E-state index >= 15 is 0 Å². The number of aliphatic hydroxyl groups is 5. The number of nitrogens with two attached hydrogens (primary N) is 1. The lowest BCUT2D eigenvalue weighted by molar-refractivity contribution is -0.320. The van der Waals surface area contributed by atoms with Gasteiger partial charge in [0.2, 0.25) is 12.0 Å². The summed E-state index contributed by atoms with van der Waals surface area (Å²) in [6.07, 6.45) is -5.99. The Bertz CT molecular complexity index is 1930. The molecule has 0 unspecified atom stereocenters. The van der Waals surface area contributed by atoms with E-state index in [4.69, 9.17) is 39.3 Å². The minimum atomic E-state index is -1.92. The number of guanidine groups is 1. The quantitative estimate of drug-likeness (QED) is 0.0369. The number of nitrogens with zero attached hydrogens (tertiary/aromatic N) is 1. The molecule has 0 radical (unpaired) electrons. The van der Waals surface area contributed by atoms with Crippen LogP contribution in [0.2, 0.25) is 0 Å². The van der Waals surface area contributed by atoms with Gasteiger partial charge in [0.15, 0.2) is 35.7 Å². The van der Waals surface area contributed by atoms with Crippen LogP contribution in [0.5, 0.6) is 28.7 Å². The van der Waals surface area contributed by atoms with E-state index in [0.717, 1.165) is 11.6 Å². The predicted octanol–water partition coefficient (Wildman–Crippen LogP) is 0.886. The molecule has 2 aliphatic heterocycles. The second kappa shape index (κ2) is 20.4. The molecule has 11 N–H and O–H groups in total. The van der Waals surface area contributed by atoms with Gasteiger partial charge in [0.05, 0.1) is 37.1 Å². The van der Waals surface area contributed by atoms with E-state index < -0.39 is 61.5 Å². The molecule has 0 amide bonds. The largest absolute Gasteiger partial charge is 0.502 e. The Morgan fingerprint density at radius 3 is 2.51 bits per heavy atom. The molecule has 19 heteroatoms. The molecule has 0 bridgehead atoms. The van der Waals surface area contributed by atoms with Crippen molar-refractivity contribution in [3.63, 3.8) is 0 Å². The topological polar surface area (TPSA) is 294 Å². The summed E-state index contributed by atoms with van der Waals surface area (Å²) in [5.41, 5.74) is 4.95. The highest BCUT2D eigenvalue weighted by Crippen LogP contribution is 2.46. The molecule has 1 saturated heterocycles. The number of rotatable bonds is 18. The zero-order chi connectivity index (χ0) is 42.7. The zero-order valence-electron chi connectivity index (χ0n) is 32.7. The van der Waals surface area contributed by atoms with Crippen molar-refractivity contribution in [1.29, 1.82) is 0 Å². The molecule has 2 heterocycles. The number of aliphatic imine (C=N–C) groups is 1. The Labute approximate surface area is 339 Å². The van der Waals surface area contributed by atoms with Crippen LogP contribution in [-0.2, 0) is 22.3 Å². The number of anilines is 1. The first kappa shape index (κ1) is 44.5. The van der Waals surface area contributed by atoms with Gasteiger partial charge in [-0.1, -0.05) is 30.3 Å². The number of cyclic esters (lactones) is 1. The van der Waals surface area contributed by atoms with Gasteiger partial charge in [-0.15, -0.1) is 0 Å². The molecule has 0 saturated carbocycles. The average Bonchev–Trinajstić information content (AvgIpc) is 3.22. The summed E-state index contributed by atoms with van der Waals surface area (Å²) in [6, 6.07) is 12.6. The molecule has 0 aromatic heterocycles. The van der Waals surface area contributed by atoms with Crippen molar-refractivity contribution in [3.05, 3.63) is 70.8 Å². The van der Waals surface area contributed by atoms with Crippen LogP contribution < -0.4 is 35.3 Å². The van der Waals surface area contributed by atoms with Gasteiger partial charge >= 0.3 is 11.9 Å². The normalized spacial score (nSPS) is 22.3. The number of phenols is 1. The number of fused-ring (bicyclic) bond motifs is 1. The van der Waals surface area contributed by atoms with Gasteiger partial charge in [-0.2, -0.15) is 0 Å². The van der Waals surface area contributed by atoms with Crippen LogP contribution in [0.4, 0.5) is 5.69 Å². The number of carbonyl (C=O) groups excluding carboxylic acids is 1. The average molecular weight is 829 g/mol. The minimum Gasteiger partial charge on any atom is -0.502 e. The number of aromatic carboxylic acids is 1. The number of methoxy groups -OCH3 is 1. The Morgan fingerprint density at radius 1 is 1.05 bits per heavy atom. The van der Waals surface area contributed by atoms with Crippen molar-refractivity contribution in [2.24, 2.45) is 10.7 Å². The van der Waals surface area contributed by atoms with Gasteiger partial charge in [-0.05, 0) is 44.2 Å². The molecule has 5 rings (SSSR count). The number of carboxylic acids is 1. The van der Waals surface area contributed by atoms with Crippen LogP contribution in [0.1, 0.15) is 58.0 Å². The molecular formula is C40H52N4O15. The summed E-state index contributed by atoms with van der Waals surface area (Å²) in [4.78, 5) is 30.0. The van der Waals surface area contributed by atoms with Crippen molar-refractivity contribution in [3.8, 4) is 28.7 Å². The third-order valence-corrected chi connectivity index (χ3v) is 9.91. The van der Waals surface area contributed by atoms with Gasteiger partial charge in [0.25, 0.3) is 0 Å². The van der Waals surface area contributed by atoms with E-state index in [-0.39, 0.29) is 89.7 Å². The number of aliphatic hydroxyl groups excluding tert-OH is 5. The molecule has 3 aromatic rings. The first-order valence-corrected chi connectivity index (χ1v) is 19.0. The number of carboxylic acid groups (broad SMARTS) is 1. The lowest BCUT2D eigenvalue weighted by Gasteiger charge is -2.48. The Balaban J connectivity index is 1.43. The molecule has 19 nitrogen and oxygen atoms in total. The second-order valence-electron chi connectivity index (χ2n) is 14.1. The van der Waals surface area contributed by atoms with E-state index in [1.54, 1.807) is 6.92 Å². The number of aromatic hydroxyl groups is 1. The monoisotopic (exact) mass is 828 g/mol. The Morgan fingerprint density at radius 2 is 1.81 bits per heavy atom. The lowest BCUT2D eigenvalue weighted by atomic mass is 9.81. The van der Waals surface area contributed by atoms with Gasteiger partial charge in [-0.3, -0.25) is 0 Å². The molecule has 59 heavy (non-hydrogen) atoms. The molecule has 1 spiro atoms. The highest BCUT2D eigenvalue weighted by atomic mass is 16.7. The van der Waals surface area contributed by atoms with Gasteiger partial charge in [0, 0.05) is 43.3 Å². The summed E-state index contributed by atoms with van der Waals surface area (Å²) in [6.45, 7) is 0.788. The summed E-state index contributed by atoms with van der Waals surface area (Å²) in [7, 11) is 1.30. The summed E-state index contributed by atoms with van der Waals surface area (Å²) >= 11 is 0. The van der Waals surface area contributed by atoms with E-state index in [2.05, 4.69) is 15.6 Å². The summed E-state index contributed by atoms with van der Waals surface area (Å²) in [5.74, 6) is -3.12. The number of hydrogen-bond acceptors (Lipinski definition) is 16. The van der Waals surface area contributed by atoms with Crippen molar-refractivity contribution >= 4 is 23.6 Å². The highest BCUT2D eigenvalue weighted by molar-refractivity contribution is 5.95. The van der Waals surface area contributed by atoms with Crippen molar-refractivity contribution < 1.29 is 73.8 Å². The number of phenolic OH excluding ortho intramolecular Hbond substituents is 1. The second-order valence-corrected chi connectivity index (χ2v) is 14.1. The van der Waals surface area contributed by atoms with Crippen LogP contribution in [0.25, 0.3) is 0 Å². The number of ether oxygens (including phenoxy) is 6. The SMILES string of the molecule is COc1c(O)c(OCCc2ccccc2)cc2c1CC[C@]1(COC2=O)O[C@H](Oc2cc(N[C@H](C)CO)c(C(=O)O)cc2OCN=C(N)NCCCCO)[C@H](O)[C@@H](O)[C@@H]1O. The zero-order valence-corrected chi connectivity index (χ0v) is 32.7. The maximum absolute atomic E-state index is 13.6. The van der Waals surface area contributed by atoms with Crippen LogP contribution in [-0.4, -0.2) is 137 Å². The number of carbonyl (C=O) groups is 2. The van der Waals surface area contributed by atoms with Crippen molar-refractivity contribution in [1.82, 2.24) is 5.32 Å². The summed E-state index contributed by atoms with van der Waals surface area (Å²) < 4.78 is 35.1. The van der Waals surface area contributed by atoms with Crippen molar-refractivity contribution in [2.45, 2.75) is 75.3 Å². The fraction of sp³-hybridized carbons (Fsp3) is 0.475. The van der Waals surface area contributed by atoms with Gasteiger partial charge in [0.1, 0.15) is 30.5 Å². The number of hydrogen-bond donors (Lipinski definition) is 10. The third-order valence-electron chi connectivity index (χ3n) is 9.91. The van der Waals surface area contributed by atoms with Crippen LogP contribution in [0, 0.1) is 0 Å². The van der Waals surface area contributed by atoms with Crippen LogP contribution >= 0.6 is 0 Å². The first-order chi connectivity index (χ1) is 28.3. The smallest absolute Gasteiger partial charge is 0.338 e. The van der Waals surface area contributed by atoms with Crippen LogP contribution in [0.15, 0.2) is 53.5 Å². The molecule has 2 aliphatic rings. The Kier molecular flexibility index (Phi) is 15.4. The number of esters is 1. The number of benzene rings is 3. The van der Waals surface area contributed by atoms with Crippen LogP contribution in [0.3, 0.4) is 0 Å². The highest BCUT2D eigenvalue weighted by Gasteiger charge is 2.56. The maximum Gasteiger partial charge on any atom is 0.338 e. The fourth-order valence-electron chi connectivity index (χ4n) is 6.65. The number of nitrogens with one attached hydrogen (secondary N) is 2. The van der Waals surface area contributed by atoms with E-state index in [0.29, 0.717) is 25.8 Å². The molecule has 322 valence electrons. The predicted molar refractivity (Wildman–Crippen MR) is 210 cm³/mol. The standard InChI is InChI=1S/C40H52N4O15/c1-22(19-46)44-27-18-29(28(17-26(27)36(51)52)57-21-43-39(41)42-13-6-7-14-45)58-38-33(49)32(48)35(50)40(59-38)12-10-24-25(37(53)56-20-40)16-30(31(47)34(24)54-2)55-15-11-23-8-4-3-5-9-23/h3-5,8-9,16-18,22,32-33,35,38,44-50H,6-7,10-15,19-21H2,1-2H3,(H,51,52)(H3,41,42,43)/t22-,32-,33-,35+,38+,40-/m1/s1. The molecule has 6 atom stereocenters. The molecule has 3 aromatic carbocycles. The molecule has 0 aliphatic carbocycles. The molecule has 1 fully saturated rings. The van der Waals surface area contributed by atoms with E-state index in [9.17, 15) is 40.2 Å². The Hall–Kier alpha value is -5.57. The van der Waals surface area contributed by atoms with Gasteiger partial charge < -0.3 is 80.5 Å². The van der Waals surface area contributed by atoms with E-state index in [1.165, 1.54) is 19.2 Å². The van der Waals surface area contributed by atoms with Gasteiger partial charge in [-0.25, -0.2) is 14.6 Å². The maximum atomic E-state index is 13.6. The molecular weight excluding hydrogens is 776 g/mol. The first-order valence-electron chi connectivity index (χ1n) is 19.0. The lowest BCUT2D eigenvalue weighted by Crippen LogP contribution is -2.67. The third kappa shape index (κ3) is 10.7. The van der Waals surface area contributed by atoms with Crippen molar-refractivity contribution in [2.75, 3.05) is 52.1 Å². The number of unbranched alkanes of at least 4 members (excludes halogenated alkanes) is 1. The minimum absolute atomic E-state index is 0.00108. The van der Waals surface area contributed by atoms with E-state index in [1.807, 2.05) is 30.3 Å². The fourth-order valence-corrected chi connectivity index (χ4v) is 6.65. The summed E-state index contributed by atoms with van der Waals surface area (Å²) in [5, 5.41) is 79.4.